The third-order valence-electron chi connectivity index (χ3n) is 5.24. The van der Waals surface area contributed by atoms with Crippen LogP contribution in [0.1, 0.15) is 35.7 Å². The molecule has 1 aliphatic rings. The Kier molecular flexibility index (Phi) is 4.67. The number of nitrogens with zero attached hydrogens (tertiary/aromatic N) is 1. The molecule has 0 atom stereocenters. The lowest BCUT2D eigenvalue weighted by molar-refractivity contribution is 0.102. The lowest BCUT2D eigenvalue weighted by Gasteiger charge is -2.29. The molecule has 4 rings (SSSR count). The van der Waals surface area contributed by atoms with Gasteiger partial charge in [-0.05, 0) is 41.8 Å². The summed E-state index contributed by atoms with van der Waals surface area (Å²) in [6.45, 7) is 4.16. The summed E-state index contributed by atoms with van der Waals surface area (Å²) in [5.74, 6) is 0.0511. The molecule has 148 valence electrons. The van der Waals surface area contributed by atoms with E-state index in [1.54, 1.807) is 42.5 Å². The summed E-state index contributed by atoms with van der Waals surface area (Å²) < 4.78 is 26.8. The van der Waals surface area contributed by atoms with Crippen molar-refractivity contribution in [2.75, 3.05) is 16.7 Å². The molecule has 0 saturated heterocycles. The number of sulfonamides is 1. The number of amides is 1. The van der Waals surface area contributed by atoms with Gasteiger partial charge < -0.3 is 5.32 Å². The molecule has 0 aliphatic carbocycles. The van der Waals surface area contributed by atoms with Gasteiger partial charge in [0, 0.05) is 29.4 Å². The highest BCUT2D eigenvalue weighted by Gasteiger charge is 2.32. The highest BCUT2D eigenvalue weighted by Crippen LogP contribution is 2.42. The smallest absolute Gasteiger partial charge is 0.264 e. The van der Waals surface area contributed by atoms with Crippen molar-refractivity contribution in [2.24, 2.45) is 0 Å². The predicted molar refractivity (Wildman–Crippen MR) is 116 cm³/mol. The number of hydrogen-bond donors (Lipinski definition) is 1. The molecule has 0 fully saturated rings. The Morgan fingerprint density at radius 2 is 1.62 bits per heavy atom. The van der Waals surface area contributed by atoms with Gasteiger partial charge >= 0.3 is 0 Å². The van der Waals surface area contributed by atoms with E-state index in [1.807, 2.05) is 24.3 Å². The summed E-state index contributed by atoms with van der Waals surface area (Å²) in [5, 5.41) is 3.00. The maximum absolute atomic E-state index is 13.0. The van der Waals surface area contributed by atoms with E-state index in [-0.39, 0.29) is 16.7 Å². The van der Waals surface area contributed by atoms with E-state index in [1.165, 1.54) is 11.4 Å². The van der Waals surface area contributed by atoms with Gasteiger partial charge in [0.15, 0.2) is 0 Å². The van der Waals surface area contributed by atoms with E-state index in [0.717, 1.165) is 16.8 Å². The zero-order valence-electron chi connectivity index (χ0n) is 16.5. The van der Waals surface area contributed by atoms with Crippen molar-refractivity contribution in [2.45, 2.75) is 24.7 Å². The third-order valence-corrected chi connectivity index (χ3v) is 7.07. The van der Waals surface area contributed by atoms with Gasteiger partial charge in [-0.2, -0.15) is 0 Å². The van der Waals surface area contributed by atoms with Gasteiger partial charge in [0.05, 0.1) is 10.6 Å². The number of nitrogens with one attached hydrogen (secondary N) is 1. The van der Waals surface area contributed by atoms with Crippen LogP contribution in [0, 0.1) is 0 Å². The van der Waals surface area contributed by atoms with Crippen LogP contribution in [-0.2, 0) is 10.0 Å². The Morgan fingerprint density at radius 3 is 2.38 bits per heavy atom. The second kappa shape index (κ2) is 7.04. The van der Waals surface area contributed by atoms with Gasteiger partial charge in [-0.15, -0.1) is 0 Å². The number of para-hydroxylation sites is 1. The SMILES string of the molecule is CC(C)c1ccccc1NC(=O)c1ccc2c(c1)-c1ccccc1S(=O)(=O)N2C. The van der Waals surface area contributed by atoms with E-state index in [4.69, 9.17) is 0 Å². The summed E-state index contributed by atoms with van der Waals surface area (Å²) in [6, 6.07) is 19.7. The fraction of sp³-hybridized carbons (Fsp3) is 0.174. The van der Waals surface area contributed by atoms with E-state index >= 15 is 0 Å². The van der Waals surface area contributed by atoms with Crippen LogP contribution in [0.5, 0.6) is 0 Å². The molecule has 3 aromatic rings. The lowest BCUT2D eigenvalue weighted by Crippen LogP contribution is -2.30. The van der Waals surface area contributed by atoms with Crippen LogP contribution in [0.25, 0.3) is 11.1 Å². The van der Waals surface area contributed by atoms with Crippen molar-refractivity contribution < 1.29 is 13.2 Å². The van der Waals surface area contributed by atoms with Crippen LogP contribution >= 0.6 is 0 Å². The number of hydrogen-bond acceptors (Lipinski definition) is 3. The minimum atomic E-state index is -3.60. The monoisotopic (exact) mass is 406 g/mol. The molecule has 1 heterocycles. The summed E-state index contributed by atoms with van der Waals surface area (Å²) in [7, 11) is -2.07. The molecule has 0 radical (unpaired) electrons. The molecule has 0 bridgehead atoms. The van der Waals surface area contributed by atoms with Gasteiger partial charge in [-0.3, -0.25) is 9.10 Å². The second-order valence-corrected chi connectivity index (χ2v) is 9.33. The van der Waals surface area contributed by atoms with Gasteiger partial charge in [0.2, 0.25) is 0 Å². The van der Waals surface area contributed by atoms with Crippen molar-refractivity contribution in [3.63, 3.8) is 0 Å². The fourth-order valence-electron chi connectivity index (χ4n) is 3.67. The Morgan fingerprint density at radius 1 is 0.931 bits per heavy atom. The van der Waals surface area contributed by atoms with Gasteiger partial charge in [0.1, 0.15) is 0 Å². The molecule has 0 spiro atoms. The van der Waals surface area contributed by atoms with Crippen molar-refractivity contribution in [3.8, 4) is 11.1 Å². The van der Waals surface area contributed by atoms with E-state index < -0.39 is 10.0 Å². The molecular weight excluding hydrogens is 384 g/mol. The van der Waals surface area contributed by atoms with Crippen LogP contribution in [0.2, 0.25) is 0 Å². The number of fused-ring (bicyclic) bond motifs is 3. The first-order chi connectivity index (χ1) is 13.8. The van der Waals surface area contributed by atoms with Crippen LogP contribution in [0.4, 0.5) is 11.4 Å². The van der Waals surface area contributed by atoms with Crippen molar-refractivity contribution in [1.82, 2.24) is 0 Å². The summed E-state index contributed by atoms with van der Waals surface area (Å²) in [4.78, 5) is 13.2. The minimum absolute atomic E-state index is 0.227. The largest absolute Gasteiger partial charge is 0.322 e. The van der Waals surface area contributed by atoms with Gasteiger partial charge in [-0.25, -0.2) is 8.42 Å². The fourth-order valence-corrected chi connectivity index (χ4v) is 5.09. The average Bonchev–Trinajstić information content (AvgIpc) is 2.72. The Bertz CT molecular complexity index is 1220. The van der Waals surface area contributed by atoms with Gasteiger partial charge in [0.25, 0.3) is 15.9 Å². The molecule has 0 saturated carbocycles. The zero-order valence-corrected chi connectivity index (χ0v) is 17.3. The Balaban J connectivity index is 1.76. The first-order valence-corrected chi connectivity index (χ1v) is 10.9. The number of benzene rings is 3. The molecule has 0 unspecified atom stereocenters. The van der Waals surface area contributed by atoms with Crippen molar-refractivity contribution >= 4 is 27.3 Å². The molecule has 1 amide bonds. The number of carbonyl (C=O) groups excluding carboxylic acids is 1. The molecule has 29 heavy (non-hydrogen) atoms. The first kappa shape index (κ1) is 19.2. The van der Waals surface area contributed by atoms with Crippen molar-refractivity contribution in [3.05, 3.63) is 77.9 Å². The number of rotatable bonds is 3. The molecule has 0 aromatic heterocycles. The lowest BCUT2D eigenvalue weighted by atomic mass is 9.99. The molecule has 1 N–H and O–H groups in total. The van der Waals surface area contributed by atoms with Crippen LogP contribution in [-0.4, -0.2) is 21.4 Å². The Labute approximate surface area is 171 Å². The quantitative estimate of drug-likeness (QED) is 0.675. The highest BCUT2D eigenvalue weighted by atomic mass is 32.2. The zero-order chi connectivity index (χ0) is 20.8. The normalized spacial score (nSPS) is 14.3. The molecule has 3 aromatic carbocycles. The second-order valence-electron chi connectivity index (χ2n) is 7.40. The van der Waals surface area contributed by atoms with Crippen molar-refractivity contribution in [1.29, 1.82) is 0 Å². The molecule has 1 aliphatic heterocycles. The highest BCUT2D eigenvalue weighted by molar-refractivity contribution is 7.93. The standard InChI is InChI=1S/C23H22N2O3S/c1-15(2)17-8-4-6-10-20(17)24-23(26)16-12-13-21-19(14-16)18-9-5-7-11-22(18)29(27,28)25(21)3/h4-15H,1-3H3,(H,24,26). The van der Waals surface area contributed by atoms with Crippen LogP contribution in [0.3, 0.4) is 0 Å². The topological polar surface area (TPSA) is 66.5 Å². The Hall–Kier alpha value is -3.12. The van der Waals surface area contributed by atoms with Gasteiger partial charge in [-0.1, -0.05) is 50.2 Å². The summed E-state index contributed by atoms with van der Waals surface area (Å²) in [5.41, 5.74) is 4.22. The molecule has 6 heteroatoms. The summed E-state index contributed by atoms with van der Waals surface area (Å²) in [6.07, 6.45) is 0. The van der Waals surface area contributed by atoms with Crippen LogP contribution < -0.4 is 9.62 Å². The van der Waals surface area contributed by atoms with Crippen LogP contribution in [0.15, 0.2) is 71.6 Å². The van der Waals surface area contributed by atoms with E-state index in [2.05, 4.69) is 19.2 Å². The third kappa shape index (κ3) is 3.19. The number of anilines is 2. The summed E-state index contributed by atoms with van der Waals surface area (Å²) >= 11 is 0. The number of carbonyl (C=O) groups is 1. The maximum Gasteiger partial charge on any atom is 0.264 e. The average molecular weight is 407 g/mol. The first-order valence-electron chi connectivity index (χ1n) is 9.43. The van der Waals surface area contributed by atoms with E-state index in [0.29, 0.717) is 16.8 Å². The predicted octanol–water partition coefficient (Wildman–Crippen LogP) is 4.87. The maximum atomic E-state index is 13.0. The molecule has 5 nitrogen and oxygen atoms in total. The molecular formula is C23H22N2O3S. The minimum Gasteiger partial charge on any atom is -0.322 e. The van der Waals surface area contributed by atoms with E-state index in [9.17, 15) is 13.2 Å².